The van der Waals surface area contributed by atoms with Crippen molar-refractivity contribution in [2.45, 2.75) is 39.7 Å². The first-order valence-corrected chi connectivity index (χ1v) is 8.16. The van der Waals surface area contributed by atoms with E-state index in [-0.39, 0.29) is 23.0 Å². The minimum Gasteiger partial charge on any atom is -0.503 e. The predicted molar refractivity (Wildman–Crippen MR) is 83.2 cm³/mol. The van der Waals surface area contributed by atoms with Crippen LogP contribution in [-0.4, -0.2) is 28.2 Å². The van der Waals surface area contributed by atoms with Crippen LogP contribution in [0, 0.1) is 5.92 Å². The van der Waals surface area contributed by atoms with Crippen LogP contribution >= 0.6 is 11.3 Å². The molecule has 4 nitrogen and oxygen atoms in total. The summed E-state index contributed by atoms with van der Waals surface area (Å²) in [6.07, 6.45) is 1.13. The van der Waals surface area contributed by atoms with Crippen molar-refractivity contribution in [1.82, 2.24) is 4.90 Å². The third-order valence-electron chi connectivity index (χ3n) is 3.47. The molecule has 1 atom stereocenters. The average Bonchev–Trinajstić information content (AvgIpc) is 3.00. The minimum absolute atomic E-state index is 0.132. The molecule has 0 spiro atoms. The Hall–Kier alpha value is -1.62. The van der Waals surface area contributed by atoms with E-state index < -0.39 is 11.9 Å². The molecule has 0 aliphatic carbocycles. The molecule has 1 aliphatic heterocycles. The van der Waals surface area contributed by atoms with Gasteiger partial charge in [-0.3, -0.25) is 9.59 Å². The number of rotatable bonds is 6. The van der Waals surface area contributed by atoms with Crippen LogP contribution in [0.3, 0.4) is 0 Å². The summed E-state index contributed by atoms with van der Waals surface area (Å²) in [5, 5.41) is 12.1. The van der Waals surface area contributed by atoms with E-state index >= 15 is 0 Å². The van der Waals surface area contributed by atoms with Gasteiger partial charge in [0.25, 0.3) is 5.91 Å². The summed E-state index contributed by atoms with van der Waals surface area (Å²) in [6, 6.07) is 3.38. The van der Waals surface area contributed by atoms with Crippen molar-refractivity contribution in [2.75, 3.05) is 6.54 Å². The lowest BCUT2D eigenvalue weighted by atomic mass is 9.95. The smallest absolute Gasteiger partial charge is 0.290 e. The number of nitrogens with zero attached hydrogens (tertiary/aromatic N) is 1. The molecule has 5 heteroatoms. The molecule has 0 bridgehead atoms. The summed E-state index contributed by atoms with van der Waals surface area (Å²) < 4.78 is 0. The van der Waals surface area contributed by atoms with E-state index in [1.807, 2.05) is 38.3 Å². The van der Waals surface area contributed by atoms with E-state index in [1.165, 1.54) is 11.3 Å². The number of hydrogen-bond acceptors (Lipinski definition) is 4. The van der Waals surface area contributed by atoms with Gasteiger partial charge in [0.1, 0.15) is 0 Å². The molecular weight excluding hydrogens is 286 g/mol. The number of carbonyl (C=O) groups is 2. The number of Topliss-reactive ketones (excluding diaryl/α,β-unsaturated/α-hetero) is 1. The van der Waals surface area contributed by atoms with E-state index in [0.29, 0.717) is 13.0 Å². The SMILES string of the molecule is CCCN1C(=O)C(O)=C(C(=O)CC(C)C)C1c1cccs1. The van der Waals surface area contributed by atoms with Crippen LogP contribution in [0.4, 0.5) is 0 Å². The van der Waals surface area contributed by atoms with Gasteiger partial charge >= 0.3 is 0 Å². The van der Waals surface area contributed by atoms with Crippen LogP contribution in [0.5, 0.6) is 0 Å². The number of carbonyl (C=O) groups excluding carboxylic acids is 2. The molecule has 1 aromatic heterocycles. The zero-order valence-electron chi connectivity index (χ0n) is 12.6. The molecule has 1 aliphatic rings. The number of aliphatic hydroxyl groups is 1. The maximum atomic E-state index is 12.5. The first-order valence-electron chi connectivity index (χ1n) is 7.28. The van der Waals surface area contributed by atoms with Crippen molar-refractivity contribution in [3.8, 4) is 0 Å². The maximum absolute atomic E-state index is 12.5. The molecule has 114 valence electrons. The van der Waals surface area contributed by atoms with Crippen molar-refractivity contribution in [1.29, 1.82) is 0 Å². The first-order chi connectivity index (χ1) is 9.97. The molecule has 1 amide bonds. The summed E-state index contributed by atoms with van der Waals surface area (Å²) in [4.78, 5) is 27.3. The fourth-order valence-electron chi connectivity index (χ4n) is 2.63. The van der Waals surface area contributed by atoms with Crippen molar-refractivity contribution in [3.63, 3.8) is 0 Å². The number of hydrogen-bond donors (Lipinski definition) is 1. The van der Waals surface area contributed by atoms with Crippen molar-refractivity contribution in [2.24, 2.45) is 5.92 Å². The molecule has 1 N–H and O–H groups in total. The fourth-order valence-corrected chi connectivity index (χ4v) is 3.48. The van der Waals surface area contributed by atoms with Crippen LogP contribution in [-0.2, 0) is 9.59 Å². The molecule has 21 heavy (non-hydrogen) atoms. The van der Waals surface area contributed by atoms with Crippen LogP contribution in [0.1, 0.15) is 44.5 Å². The van der Waals surface area contributed by atoms with Gasteiger partial charge in [-0.25, -0.2) is 0 Å². The van der Waals surface area contributed by atoms with Gasteiger partial charge in [-0.1, -0.05) is 26.8 Å². The van der Waals surface area contributed by atoms with Gasteiger partial charge in [-0.15, -0.1) is 11.3 Å². The summed E-state index contributed by atoms with van der Waals surface area (Å²) in [6.45, 7) is 6.42. The number of thiophene rings is 1. The zero-order valence-corrected chi connectivity index (χ0v) is 13.4. The quantitative estimate of drug-likeness (QED) is 0.875. The van der Waals surface area contributed by atoms with Gasteiger partial charge in [0.15, 0.2) is 11.5 Å². The zero-order chi connectivity index (χ0) is 15.6. The molecule has 0 saturated carbocycles. The summed E-state index contributed by atoms with van der Waals surface area (Å²) in [5.41, 5.74) is 0.268. The third-order valence-corrected chi connectivity index (χ3v) is 4.40. The van der Waals surface area contributed by atoms with E-state index in [4.69, 9.17) is 0 Å². The Morgan fingerprint density at radius 2 is 2.19 bits per heavy atom. The molecule has 0 fully saturated rings. The lowest BCUT2D eigenvalue weighted by molar-refractivity contribution is -0.129. The molecule has 1 aromatic rings. The Balaban J connectivity index is 2.42. The topological polar surface area (TPSA) is 57.6 Å². The Kier molecular flexibility index (Phi) is 4.83. The molecule has 0 radical (unpaired) electrons. The average molecular weight is 307 g/mol. The van der Waals surface area contributed by atoms with E-state index in [0.717, 1.165) is 11.3 Å². The maximum Gasteiger partial charge on any atom is 0.290 e. The first kappa shape index (κ1) is 15.8. The van der Waals surface area contributed by atoms with Crippen molar-refractivity contribution >= 4 is 23.0 Å². The highest BCUT2D eigenvalue weighted by molar-refractivity contribution is 7.10. The van der Waals surface area contributed by atoms with Crippen LogP contribution in [0.25, 0.3) is 0 Å². The summed E-state index contributed by atoms with van der Waals surface area (Å²) >= 11 is 1.50. The monoisotopic (exact) mass is 307 g/mol. The van der Waals surface area contributed by atoms with Gasteiger partial charge in [-0.2, -0.15) is 0 Å². The Bertz CT molecular complexity index is 560. The molecule has 2 rings (SSSR count). The lowest BCUT2D eigenvalue weighted by Crippen LogP contribution is -2.31. The van der Waals surface area contributed by atoms with Gasteiger partial charge in [0, 0.05) is 17.8 Å². The van der Waals surface area contributed by atoms with Crippen molar-refractivity contribution < 1.29 is 14.7 Å². The van der Waals surface area contributed by atoms with E-state index in [2.05, 4.69) is 0 Å². The van der Waals surface area contributed by atoms with Crippen LogP contribution in [0.2, 0.25) is 0 Å². The lowest BCUT2D eigenvalue weighted by Gasteiger charge is -2.25. The third kappa shape index (κ3) is 3.02. The highest BCUT2D eigenvalue weighted by atomic mass is 32.1. The summed E-state index contributed by atoms with van der Waals surface area (Å²) in [7, 11) is 0. The normalized spacial score (nSPS) is 19.0. The van der Waals surface area contributed by atoms with Gasteiger partial charge in [-0.05, 0) is 23.8 Å². The fraction of sp³-hybridized carbons (Fsp3) is 0.500. The van der Waals surface area contributed by atoms with Crippen molar-refractivity contribution in [3.05, 3.63) is 33.7 Å². The van der Waals surface area contributed by atoms with Gasteiger partial charge in [0.05, 0.1) is 11.6 Å². The number of ketones is 1. The second-order valence-corrected chi connectivity index (χ2v) is 6.68. The number of aliphatic hydroxyl groups excluding tert-OH is 1. The minimum atomic E-state index is -0.428. The highest BCUT2D eigenvalue weighted by Crippen LogP contribution is 2.40. The molecule has 0 saturated heterocycles. The van der Waals surface area contributed by atoms with E-state index in [1.54, 1.807) is 4.90 Å². The summed E-state index contributed by atoms with van der Waals surface area (Å²) in [5.74, 6) is -0.736. The van der Waals surface area contributed by atoms with Crippen LogP contribution in [0.15, 0.2) is 28.8 Å². The van der Waals surface area contributed by atoms with E-state index in [9.17, 15) is 14.7 Å². The Morgan fingerprint density at radius 3 is 2.71 bits per heavy atom. The molecule has 1 unspecified atom stereocenters. The predicted octanol–water partition coefficient (Wildman–Crippen LogP) is 3.47. The Morgan fingerprint density at radius 1 is 1.48 bits per heavy atom. The van der Waals surface area contributed by atoms with Crippen LogP contribution < -0.4 is 0 Å². The standard InChI is InChI=1S/C16H21NO3S/c1-4-7-17-14(12-6-5-8-21-12)13(15(19)16(17)20)11(18)9-10(2)3/h5-6,8,10,14,19H,4,7,9H2,1-3H3. The second-order valence-electron chi connectivity index (χ2n) is 5.70. The van der Waals surface area contributed by atoms with Gasteiger partial charge in [0.2, 0.25) is 0 Å². The molecule has 0 aromatic carbocycles. The highest BCUT2D eigenvalue weighted by Gasteiger charge is 2.43. The number of amides is 1. The molecular formula is C16H21NO3S. The second kappa shape index (κ2) is 6.43. The largest absolute Gasteiger partial charge is 0.503 e. The Labute approximate surface area is 129 Å². The molecule has 2 heterocycles. The van der Waals surface area contributed by atoms with Gasteiger partial charge < -0.3 is 10.0 Å².